The van der Waals surface area contributed by atoms with Crippen molar-refractivity contribution in [1.29, 1.82) is 0 Å². The lowest BCUT2D eigenvalue weighted by Gasteiger charge is -2.64. The average molecular weight is 721 g/mol. The van der Waals surface area contributed by atoms with Crippen LogP contribution < -0.4 is 0 Å². The number of carbonyl (C=O) groups excluding carboxylic acids is 4. The van der Waals surface area contributed by atoms with Crippen molar-refractivity contribution in [1.82, 2.24) is 0 Å². The Hall–Kier alpha value is -2.36. The first-order valence-corrected chi connectivity index (χ1v) is 17.9. The predicted octanol–water partition coefficient (Wildman–Crippen LogP) is 1.32. The number of ketones is 3. The van der Waals surface area contributed by atoms with Crippen molar-refractivity contribution in [2.45, 2.75) is 142 Å². The summed E-state index contributed by atoms with van der Waals surface area (Å²) in [6, 6.07) is 0. The van der Waals surface area contributed by atoms with Gasteiger partial charge < -0.3 is 44.8 Å². The van der Waals surface area contributed by atoms with Crippen molar-refractivity contribution in [3.8, 4) is 0 Å². The van der Waals surface area contributed by atoms with E-state index >= 15 is 0 Å². The van der Waals surface area contributed by atoms with Crippen LogP contribution in [-0.4, -0.2) is 115 Å². The third-order valence-electron chi connectivity index (χ3n) is 13.6. The minimum absolute atomic E-state index is 0.0925. The van der Waals surface area contributed by atoms with E-state index in [1.807, 2.05) is 26.8 Å². The van der Waals surface area contributed by atoms with Crippen molar-refractivity contribution >= 4 is 23.3 Å². The molecular formula is C38H56O13. The lowest BCUT2D eigenvalue weighted by molar-refractivity contribution is -0.317. The quantitative estimate of drug-likeness (QED) is 0.119. The van der Waals surface area contributed by atoms with Crippen LogP contribution in [-0.2, 0) is 33.4 Å². The highest BCUT2D eigenvalue weighted by Gasteiger charge is 2.75. The molecule has 4 aliphatic carbocycles. The number of esters is 1. The third-order valence-corrected chi connectivity index (χ3v) is 13.6. The second-order valence-electron chi connectivity index (χ2n) is 17.6. The van der Waals surface area contributed by atoms with E-state index < -0.39 is 112 Å². The van der Waals surface area contributed by atoms with Gasteiger partial charge in [0.2, 0.25) is 0 Å². The van der Waals surface area contributed by atoms with Crippen LogP contribution >= 0.6 is 0 Å². The summed E-state index contributed by atoms with van der Waals surface area (Å²) in [5.74, 6) is -3.67. The van der Waals surface area contributed by atoms with Gasteiger partial charge in [0.15, 0.2) is 24.0 Å². The molecular weight excluding hydrogens is 664 g/mol. The predicted molar refractivity (Wildman–Crippen MR) is 180 cm³/mol. The van der Waals surface area contributed by atoms with E-state index in [1.165, 1.54) is 33.8 Å². The van der Waals surface area contributed by atoms with Gasteiger partial charge in [0.25, 0.3) is 0 Å². The Kier molecular flexibility index (Phi) is 10.1. The molecule has 0 spiro atoms. The number of allylic oxidation sites excluding steroid dienone is 2. The van der Waals surface area contributed by atoms with E-state index in [2.05, 4.69) is 0 Å². The smallest absolute Gasteiger partial charge is 0.303 e. The van der Waals surface area contributed by atoms with Gasteiger partial charge in [-0.2, -0.15) is 0 Å². The van der Waals surface area contributed by atoms with Crippen LogP contribution in [0.15, 0.2) is 23.8 Å². The largest absolute Gasteiger partial charge is 0.454 e. The molecule has 0 radical (unpaired) electrons. The maximum absolute atomic E-state index is 14.9. The molecule has 13 heteroatoms. The SMILES string of the molecule is CC(=O)O[C@H]1C[C@@H]2C(=CC[C@@H]3[C@@]2(C)C(=O)C[C@]2(C)[C@@H]([C@@](C)(O)C(=O)/C=C/C(C)(C)O)[C@H](O[C@H]4O[C@@H](CO)[C@H](O)[C@@H](O)[C@@H]4O)C[C@@]32C)C(C)(C)C1=O. The zero-order valence-electron chi connectivity index (χ0n) is 31.1. The third kappa shape index (κ3) is 6.09. The van der Waals surface area contributed by atoms with Crippen molar-refractivity contribution in [2.24, 2.45) is 39.4 Å². The second-order valence-corrected chi connectivity index (χ2v) is 17.6. The Morgan fingerprint density at radius 1 is 1.00 bits per heavy atom. The number of ether oxygens (including phenoxy) is 3. The minimum atomic E-state index is -2.18. The van der Waals surface area contributed by atoms with Crippen LogP contribution in [0.4, 0.5) is 0 Å². The van der Waals surface area contributed by atoms with E-state index in [1.54, 1.807) is 13.8 Å². The standard InChI is InChI=1S/C38H56O13/c1-18(40)49-21-14-20-19(34(4,5)31(21)46)10-11-24-35(6)15-22(50-32-29(45)28(44)27(43)23(17-39)51-32)30(36(35,7)16-26(42)37(20,24)8)38(9,48)25(41)12-13-33(2,3)47/h10,12-13,20-24,27-30,32,39,43-45,47-48H,11,14-17H2,1-9H3/b13-12+/t20-,21+,22-,23+,24+,27+,28-,29+,30+,32+,35+,36-,37+,38+/m1/s1. The Bertz CT molecular complexity index is 1500. The van der Waals surface area contributed by atoms with Gasteiger partial charge in [0.1, 0.15) is 35.8 Å². The first-order valence-electron chi connectivity index (χ1n) is 17.9. The van der Waals surface area contributed by atoms with Crippen molar-refractivity contribution in [2.75, 3.05) is 6.61 Å². The van der Waals surface area contributed by atoms with Gasteiger partial charge in [-0.15, -0.1) is 0 Å². The molecule has 0 aromatic rings. The molecule has 13 nitrogen and oxygen atoms in total. The van der Waals surface area contributed by atoms with Crippen LogP contribution in [0.3, 0.4) is 0 Å². The molecule has 1 aliphatic heterocycles. The molecule has 0 unspecified atom stereocenters. The van der Waals surface area contributed by atoms with E-state index in [9.17, 15) is 49.8 Å². The fourth-order valence-corrected chi connectivity index (χ4v) is 10.7. The topological polar surface area (TPSA) is 217 Å². The summed E-state index contributed by atoms with van der Waals surface area (Å²) in [5, 5.41) is 64.4. The Labute approximate surface area is 299 Å². The summed E-state index contributed by atoms with van der Waals surface area (Å²) in [4.78, 5) is 54.4. The maximum atomic E-state index is 14.9. The first kappa shape index (κ1) is 39.8. The summed E-state index contributed by atoms with van der Waals surface area (Å²) in [6.45, 7) is 14.2. The normalized spacial score (nSPS) is 45.0. The Balaban J connectivity index is 1.63. The monoisotopic (exact) mass is 720 g/mol. The zero-order chi connectivity index (χ0) is 38.4. The zero-order valence-corrected chi connectivity index (χ0v) is 31.1. The Morgan fingerprint density at radius 3 is 2.20 bits per heavy atom. The lowest BCUT2D eigenvalue weighted by atomic mass is 9.38. The van der Waals surface area contributed by atoms with Gasteiger partial charge in [-0.25, -0.2) is 0 Å². The van der Waals surface area contributed by atoms with Gasteiger partial charge in [0, 0.05) is 30.1 Å². The highest BCUT2D eigenvalue weighted by atomic mass is 16.7. The van der Waals surface area contributed by atoms with E-state index in [0.29, 0.717) is 6.42 Å². The minimum Gasteiger partial charge on any atom is -0.454 e. The van der Waals surface area contributed by atoms with Crippen LogP contribution in [0.5, 0.6) is 0 Å². The van der Waals surface area contributed by atoms with Crippen molar-refractivity contribution < 1.29 is 64.0 Å². The molecule has 6 N–H and O–H groups in total. The second kappa shape index (κ2) is 12.9. The van der Waals surface area contributed by atoms with Crippen LogP contribution in [0.1, 0.15) is 88.0 Å². The number of carbonyl (C=O) groups is 4. The summed E-state index contributed by atoms with van der Waals surface area (Å²) in [6.07, 6.45) is -5.10. The van der Waals surface area contributed by atoms with Crippen LogP contribution in [0.25, 0.3) is 0 Å². The molecule has 4 fully saturated rings. The number of rotatable bonds is 8. The summed E-state index contributed by atoms with van der Waals surface area (Å²) in [5.41, 5.74) is -6.75. The molecule has 3 saturated carbocycles. The average Bonchev–Trinajstić information content (AvgIpc) is 3.24. The highest BCUT2D eigenvalue weighted by molar-refractivity contribution is 5.98. The summed E-state index contributed by atoms with van der Waals surface area (Å²) >= 11 is 0. The molecule has 286 valence electrons. The molecule has 0 bridgehead atoms. The Morgan fingerprint density at radius 2 is 1.63 bits per heavy atom. The van der Waals surface area contributed by atoms with Gasteiger partial charge in [-0.05, 0) is 82.6 Å². The molecule has 0 amide bonds. The van der Waals surface area contributed by atoms with E-state index in [-0.39, 0.29) is 30.8 Å². The van der Waals surface area contributed by atoms with Gasteiger partial charge in [-0.1, -0.05) is 38.5 Å². The number of fused-ring (bicyclic) bond motifs is 5. The van der Waals surface area contributed by atoms with E-state index in [0.717, 1.165) is 11.6 Å². The van der Waals surface area contributed by atoms with Crippen LogP contribution in [0.2, 0.25) is 0 Å². The molecule has 1 saturated heterocycles. The van der Waals surface area contributed by atoms with Crippen LogP contribution in [0, 0.1) is 39.4 Å². The first-order chi connectivity index (χ1) is 23.3. The van der Waals surface area contributed by atoms with Crippen molar-refractivity contribution in [3.05, 3.63) is 23.8 Å². The number of hydrogen-bond acceptors (Lipinski definition) is 13. The molecule has 1 heterocycles. The van der Waals surface area contributed by atoms with Gasteiger partial charge in [-0.3, -0.25) is 19.2 Å². The molecule has 5 rings (SSSR count). The van der Waals surface area contributed by atoms with Crippen molar-refractivity contribution in [3.63, 3.8) is 0 Å². The number of Topliss-reactive ketones (excluding diaryl/α,β-unsaturated/α-hetero) is 2. The molecule has 0 aromatic carbocycles. The number of hydrogen-bond donors (Lipinski definition) is 6. The maximum Gasteiger partial charge on any atom is 0.303 e. The van der Waals surface area contributed by atoms with Gasteiger partial charge in [0.05, 0.1) is 18.3 Å². The summed E-state index contributed by atoms with van der Waals surface area (Å²) < 4.78 is 17.7. The molecule has 51 heavy (non-hydrogen) atoms. The lowest BCUT2D eigenvalue weighted by Crippen LogP contribution is -2.65. The van der Waals surface area contributed by atoms with E-state index in [4.69, 9.17) is 14.2 Å². The fourth-order valence-electron chi connectivity index (χ4n) is 10.7. The molecule has 5 aliphatic rings. The highest BCUT2D eigenvalue weighted by Crippen LogP contribution is 2.74. The van der Waals surface area contributed by atoms with Gasteiger partial charge >= 0.3 is 5.97 Å². The number of aliphatic hydroxyl groups is 6. The fraction of sp³-hybridized carbons (Fsp3) is 0.789. The summed E-state index contributed by atoms with van der Waals surface area (Å²) in [7, 11) is 0. The molecule has 14 atom stereocenters. The number of aliphatic hydroxyl groups excluding tert-OH is 4. The molecule has 0 aromatic heterocycles.